The normalized spacial score (nSPS) is 12.3. The third-order valence-corrected chi connectivity index (χ3v) is 3.04. The van der Waals surface area contributed by atoms with E-state index < -0.39 is 0 Å². The van der Waals surface area contributed by atoms with Crippen molar-refractivity contribution in [2.45, 2.75) is 45.1 Å². The van der Waals surface area contributed by atoms with Crippen LogP contribution in [-0.2, 0) is 4.79 Å². The second-order valence-corrected chi connectivity index (χ2v) is 4.97. The Balaban J connectivity index is 3.87. The quantitative estimate of drug-likeness (QED) is 0.278. The lowest BCUT2D eigenvalue weighted by atomic mass is 10.1. The molecular formula is C14H33N5O. The second-order valence-electron chi connectivity index (χ2n) is 4.97. The smallest absolute Gasteiger partial charge is 0.237 e. The molecule has 0 radical (unpaired) electrons. The highest BCUT2D eigenvalue weighted by Crippen LogP contribution is 1.98. The summed E-state index contributed by atoms with van der Waals surface area (Å²) in [7, 11) is 0. The first-order valence-electron chi connectivity index (χ1n) is 7.88. The van der Waals surface area contributed by atoms with Crippen LogP contribution in [0.15, 0.2) is 0 Å². The molecule has 0 spiro atoms. The summed E-state index contributed by atoms with van der Waals surface area (Å²) in [4.78, 5) is 12.0. The predicted molar refractivity (Wildman–Crippen MR) is 84.5 cm³/mol. The van der Waals surface area contributed by atoms with Gasteiger partial charge in [0.2, 0.25) is 5.91 Å². The molecule has 0 heterocycles. The van der Waals surface area contributed by atoms with Crippen molar-refractivity contribution in [1.29, 1.82) is 0 Å². The Morgan fingerprint density at radius 3 is 2.30 bits per heavy atom. The number of amides is 1. The van der Waals surface area contributed by atoms with E-state index in [0.717, 1.165) is 64.8 Å². The van der Waals surface area contributed by atoms with Crippen LogP contribution in [0.4, 0.5) is 0 Å². The Bertz CT molecular complexity index is 226. The molecule has 6 nitrogen and oxygen atoms in total. The van der Waals surface area contributed by atoms with Gasteiger partial charge in [0.1, 0.15) is 0 Å². The largest absolute Gasteiger partial charge is 0.355 e. The van der Waals surface area contributed by atoms with E-state index in [-0.39, 0.29) is 11.9 Å². The van der Waals surface area contributed by atoms with Gasteiger partial charge in [-0.2, -0.15) is 0 Å². The molecule has 6 heteroatoms. The fourth-order valence-electron chi connectivity index (χ4n) is 1.86. The summed E-state index contributed by atoms with van der Waals surface area (Å²) in [6.45, 7) is 6.83. The van der Waals surface area contributed by atoms with Crippen LogP contribution in [0.2, 0.25) is 0 Å². The minimum absolute atomic E-state index is 0.103. The zero-order chi connectivity index (χ0) is 15.1. The molecule has 0 aliphatic carbocycles. The van der Waals surface area contributed by atoms with Gasteiger partial charge >= 0.3 is 0 Å². The lowest BCUT2D eigenvalue weighted by Crippen LogP contribution is -2.45. The Hall–Kier alpha value is -0.690. The predicted octanol–water partition coefficient (Wildman–Crippen LogP) is -0.462. The van der Waals surface area contributed by atoms with Crippen molar-refractivity contribution in [3.63, 3.8) is 0 Å². The molecule has 7 N–H and O–H groups in total. The summed E-state index contributed by atoms with van der Waals surface area (Å²) in [6.07, 6.45) is 4.67. The number of carbonyl (C=O) groups is 1. The number of hydrogen-bond acceptors (Lipinski definition) is 5. The molecule has 0 aromatic carbocycles. The van der Waals surface area contributed by atoms with Crippen LogP contribution in [0.1, 0.15) is 39.0 Å². The van der Waals surface area contributed by atoms with Crippen LogP contribution < -0.4 is 27.4 Å². The first kappa shape index (κ1) is 19.3. The van der Waals surface area contributed by atoms with Crippen LogP contribution in [0.3, 0.4) is 0 Å². The molecule has 0 aromatic heterocycles. The van der Waals surface area contributed by atoms with Gasteiger partial charge in [-0.25, -0.2) is 0 Å². The number of rotatable bonds is 14. The van der Waals surface area contributed by atoms with Gasteiger partial charge in [0.15, 0.2) is 0 Å². The van der Waals surface area contributed by atoms with Crippen molar-refractivity contribution >= 4 is 5.91 Å². The van der Waals surface area contributed by atoms with Gasteiger partial charge in [0, 0.05) is 6.54 Å². The average Bonchev–Trinajstić information content (AvgIpc) is 2.46. The first-order chi connectivity index (χ1) is 9.76. The number of nitrogens with two attached hydrogens (primary N) is 2. The lowest BCUT2D eigenvalue weighted by molar-refractivity contribution is -0.123. The minimum Gasteiger partial charge on any atom is -0.355 e. The molecule has 1 unspecified atom stereocenters. The molecule has 0 saturated carbocycles. The number of nitrogens with one attached hydrogen (secondary N) is 3. The van der Waals surface area contributed by atoms with E-state index in [2.05, 4.69) is 22.9 Å². The van der Waals surface area contributed by atoms with Crippen molar-refractivity contribution in [2.24, 2.45) is 11.5 Å². The molecule has 1 atom stereocenters. The Morgan fingerprint density at radius 1 is 1.00 bits per heavy atom. The third kappa shape index (κ3) is 11.2. The Kier molecular flexibility index (Phi) is 14.2. The number of carbonyl (C=O) groups excluding carboxylic acids is 1. The van der Waals surface area contributed by atoms with Gasteiger partial charge < -0.3 is 27.4 Å². The molecule has 120 valence electrons. The van der Waals surface area contributed by atoms with Crippen molar-refractivity contribution in [2.75, 3.05) is 39.3 Å². The monoisotopic (exact) mass is 287 g/mol. The first-order valence-corrected chi connectivity index (χ1v) is 7.88. The third-order valence-electron chi connectivity index (χ3n) is 3.04. The van der Waals surface area contributed by atoms with Crippen molar-refractivity contribution in [3.8, 4) is 0 Å². The maximum Gasteiger partial charge on any atom is 0.237 e. The zero-order valence-corrected chi connectivity index (χ0v) is 12.9. The number of hydrogen-bond donors (Lipinski definition) is 5. The Labute approximate surface area is 123 Å². The second kappa shape index (κ2) is 14.7. The van der Waals surface area contributed by atoms with E-state index in [9.17, 15) is 4.79 Å². The van der Waals surface area contributed by atoms with E-state index in [1.807, 2.05) is 0 Å². The van der Waals surface area contributed by atoms with E-state index in [0.29, 0.717) is 6.54 Å². The van der Waals surface area contributed by atoms with Gasteiger partial charge in [-0.15, -0.1) is 0 Å². The lowest BCUT2D eigenvalue weighted by Gasteiger charge is -2.18. The van der Waals surface area contributed by atoms with Gasteiger partial charge in [-0.3, -0.25) is 4.79 Å². The molecule has 20 heavy (non-hydrogen) atoms. The standard InChI is InChI=1S/C14H33N5O/c1-2-9-19-14(20)13(18-12-5-8-16)6-3-10-17-11-4-7-15/h13,17-18H,2-12,15-16H2,1H3,(H,19,20). The summed E-state index contributed by atoms with van der Waals surface area (Å²) in [6, 6.07) is -0.107. The van der Waals surface area contributed by atoms with Crippen LogP contribution in [0, 0.1) is 0 Å². The Morgan fingerprint density at radius 2 is 1.65 bits per heavy atom. The molecule has 0 aliphatic heterocycles. The molecule has 0 saturated heterocycles. The molecule has 0 bridgehead atoms. The van der Waals surface area contributed by atoms with E-state index in [4.69, 9.17) is 11.5 Å². The summed E-state index contributed by atoms with van der Waals surface area (Å²) in [5.41, 5.74) is 10.9. The maximum atomic E-state index is 12.0. The van der Waals surface area contributed by atoms with Crippen LogP contribution in [0.25, 0.3) is 0 Å². The van der Waals surface area contributed by atoms with Gasteiger partial charge in [-0.1, -0.05) is 6.92 Å². The van der Waals surface area contributed by atoms with Gasteiger partial charge in [0.25, 0.3) is 0 Å². The highest BCUT2D eigenvalue weighted by atomic mass is 16.2. The average molecular weight is 287 g/mol. The highest BCUT2D eigenvalue weighted by molar-refractivity contribution is 5.81. The minimum atomic E-state index is -0.107. The molecule has 1 amide bonds. The fourth-order valence-corrected chi connectivity index (χ4v) is 1.86. The van der Waals surface area contributed by atoms with Gasteiger partial charge in [0.05, 0.1) is 6.04 Å². The van der Waals surface area contributed by atoms with Crippen molar-refractivity contribution in [1.82, 2.24) is 16.0 Å². The van der Waals surface area contributed by atoms with E-state index >= 15 is 0 Å². The summed E-state index contributed by atoms with van der Waals surface area (Å²) < 4.78 is 0. The highest BCUT2D eigenvalue weighted by Gasteiger charge is 2.16. The summed E-state index contributed by atoms with van der Waals surface area (Å²) in [5.74, 6) is 0.103. The molecular weight excluding hydrogens is 254 g/mol. The van der Waals surface area contributed by atoms with E-state index in [1.165, 1.54) is 0 Å². The summed E-state index contributed by atoms with van der Waals surface area (Å²) in [5, 5.41) is 9.57. The van der Waals surface area contributed by atoms with Gasteiger partial charge in [-0.05, 0) is 64.8 Å². The van der Waals surface area contributed by atoms with Crippen molar-refractivity contribution < 1.29 is 4.79 Å². The van der Waals surface area contributed by atoms with Crippen LogP contribution in [-0.4, -0.2) is 51.2 Å². The molecule has 0 rings (SSSR count). The fraction of sp³-hybridized carbons (Fsp3) is 0.929. The van der Waals surface area contributed by atoms with Crippen LogP contribution >= 0.6 is 0 Å². The summed E-state index contributed by atoms with van der Waals surface area (Å²) >= 11 is 0. The molecule has 0 fully saturated rings. The zero-order valence-electron chi connectivity index (χ0n) is 12.9. The molecule has 0 aliphatic rings. The van der Waals surface area contributed by atoms with Crippen LogP contribution in [0.5, 0.6) is 0 Å². The van der Waals surface area contributed by atoms with E-state index in [1.54, 1.807) is 0 Å². The molecule has 0 aromatic rings. The van der Waals surface area contributed by atoms with Crippen molar-refractivity contribution in [3.05, 3.63) is 0 Å². The maximum absolute atomic E-state index is 12.0. The SMILES string of the molecule is CCCNC(=O)C(CCCNCCCN)NCCCN. The topological polar surface area (TPSA) is 105 Å².